The lowest BCUT2D eigenvalue weighted by atomic mass is 10.3. The van der Waals surface area contributed by atoms with Gasteiger partial charge in [-0.15, -0.1) is 24.0 Å². The summed E-state index contributed by atoms with van der Waals surface area (Å²) in [6.07, 6.45) is 4.44. The second kappa shape index (κ2) is 9.86. The van der Waals surface area contributed by atoms with Crippen LogP contribution in [0.25, 0.3) is 0 Å². The molecule has 0 radical (unpaired) electrons. The highest BCUT2D eigenvalue weighted by atomic mass is 127. The lowest BCUT2D eigenvalue weighted by Crippen LogP contribution is -2.38. The Morgan fingerprint density at radius 2 is 2.00 bits per heavy atom. The monoisotopic (exact) mass is 417 g/mol. The van der Waals surface area contributed by atoms with Crippen LogP contribution < -0.4 is 15.5 Å². The number of nitrogens with one attached hydrogen (secondary N) is 2. The first-order valence-electron chi connectivity index (χ1n) is 8.01. The lowest BCUT2D eigenvalue weighted by Gasteiger charge is -2.19. The molecule has 1 heterocycles. The van der Waals surface area contributed by atoms with E-state index in [9.17, 15) is 0 Å². The van der Waals surface area contributed by atoms with E-state index in [0.717, 1.165) is 37.0 Å². The van der Waals surface area contributed by atoms with Gasteiger partial charge in [-0.2, -0.15) is 0 Å². The summed E-state index contributed by atoms with van der Waals surface area (Å²) < 4.78 is 0. The van der Waals surface area contributed by atoms with Gasteiger partial charge in [-0.25, -0.2) is 9.98 Å². The third-order valence-corrected chi connectivity index (χ3v) is 3.58. The number of hydrogen-bond donors (Lipinski definition) is 2. The van der Waals surface area contributed by atoms with Crippen LogP contribution in [0.3, 0.4) is 0 Å². The van der Waals surface area contributed by atoms with E-state index in [1.165, 1.54) is 12.8 Å². The van der Waals surface area contributed by atoms with E-state index < -0.39 is 0 Å². The molecule has 0 unspecified atom stereocenters. The van der Waals surface area contributed by atoms with E-state index in [0.29, 0.717) is 12.6 Å². The largest absolute Gasteiger partial charge is 0.357 e. The highest BCUT2D eigenvalue weighted by Crippen LogP contribution is 2.18. The first-order chi connectivity index (χ1) is 10.3. The molecule has 124 valence electrons. The molecule has 2 N–H and O–H groups in total. The quantitative estimate of drug-likeness (QED) is 0.407. The van der Waals surface area contributed by atoms with Crippen LogP contribution in [0.1, 0.15) is 39.2 Å². The van der Waals surface area contributed by atoms with Crippen molar-refractivity contribution in [2.24, 2.45) is 4.99 Å². The minimum Gasteiger partial charge on any atom is -0.357 e. The summed E-state index contributed by atoms with van der Waals surface area (Å²) in [5.74, 6) is 1.95. The summed E-state index contributed by atoms with van der Waals surface area (Å²) in [6, 6.07) is 4.81. The molecule has 1 aromatic heterocycles. The van der Waals surface area contributed by atoms with E-state index in [2.05, 4.69) is 58.4 Å². The van der Waals surface area contributed by atoms with E-state index >= 15 is 0 Å². The van der Waals surface area contributed by atoms with Crippen molar-refractivity contribution < 1.29 is 0 Å². The second-order valence-corrected chi connectivity index (χ2v) is 5.31. The lowest BCUT2D eigenvalue weighted by molar-refractivity contribution is 0.810. The maximum atomic E-state index is 4.62. The van der Waals surface area contributed by atoms with Crippen molar-refractivity contribution in [1.29, 1.82) is 0 Å². The Labute approximate surface area is 151 Å². The minimum absolute atomic E-state index is 0. The van der Waals surface area contributed by atoms with E-state index in [1.807, 2.05) is 6.20 Å². The van der Waals surface area contributed by atoms with Gasteiger partial charge in [0.1, 0.15) is 5.82 Å². The van der Waals surface area contributed by atoms with Gasteiger partial charge in [0.2, 0.25) is 0 Å². The molecule has 1 aliphatic carbocycles. The summed E-state index contributed by atoms with van der Waals surface area (Å²) in [7, 11) is 0. The van der Waals surface area contributed by atoms with Crippen molar-refractivity contribution in [1.82, 2.24) is 15.6 Å². The zero-order valence-corrected chi connectivity index (χ0v) is 16.1. The van der Waals surface area contributed by atoms with Crippen molar-refractivity contribution in [3.05, 3.63) is 23.9 Å². The van der Waals surface area contributed by atoms with Crippen LogP contribution in [0.15, 0.2) is 23.3 Å². The summed E-state index contributed by atoms with van der Waals surface area (Å²) in [6.45, 7) is 9.90. The molecule has 0 saturated heterocycles. The number of rotatable bonds is 7. The van der Waals surface area contributed by atoms with Gasteiger partial charge in [0.15, 0.2) is 5.96 Å². The second-order valence-electron chi connectivity index (χ2n) is 5.31. The molecule has 0 atom stereocenters. The molecular formula is C16H28IN5. The van der Waals surface area contributed by atoms with E-state index in [-0.39, 0.29) is 24.0 Å². The topological polar surface area (TPSA) is 52.6 Å². The molecule has 5 nitrogen and oxygen atoms in total. The van der Waals surface area contributed by atoms with Crippen molar-refractivity contribution in [3.63, 3.8) is 0 Å². The fraction of sp³-hybridized carbons (Fsp3) is 0.625. The van der Waals surface area contributed by atoms with Gasteiger partial charge in [0, 0.05) is 31.9 Å². The molecule has 1 aliphatic rings. The summed E-state index contributed by atoms with van der Waals surface area (Å²) in [5, 5.41) is 6.70. The van der Waals surface area contributed by atoms with Gasteiger partial charge in [-0.05, 0) is 45.2 Å². The van der Waals surface area contributed by atoms with Crippen molar-refractivity contribution in [2.45, 2.75) is 46.2 Å². The Morgan fingerprint density at radius 3 is 2.50 bits per heavy atom. The molecule has 0 bridgehead atoms. The van der Waals surface area contributed by atoms with Gasteiger partial charge < -0.3 is 15.5 Å². The zero-order valence-electron chi connectivity index (χ0n) is 13.8. The number of guanidine groups is 1. The summed E-state index contributed by atoms with van der Waals surface area (Å²) >= 11 is 0. The van der Waals surface area contributed by atoms with E-state index in [4.69, 9.17) is 0 Å². The molecule has 6 heteroatoms. The number of nitrogens with zero attached hydrogens (tertiary/aromatic N) is 3. The minimum atomic E-state index is 0. The third kappa shape index (κ3) is 5.98. The molecular weight excluding hydrogens is 389 g/mol. The molecule has 1 aromatic rings. The molecule has 2 rings (SSSR count). The Morgan fingerprint density at radius 1 is 1.27 bits per heavy atom. The average Bonchev–Trinajstić information content (AvgIpc) is 3.31. The van der Waals surface area contributed by atoms with Crippen molar-refractivity contribution in [2.75, 3.05) is 24.5 Å². The van der Waals surface area contributed by atoms with E-state index in [1.54, 1.807) is 0 Å². The van der Waals surface area contributed by atoms with Crippen LogP contribution >= 0.6 is 24.0 Å². The van der Waals surface area contributed by atoms with Crippen molar-refractivity contribution in [3.8, 4) is 0 Å². The molecule has 0 aliphatic heterocycles. The molecule has 0 spiro atoms. The third-order valence-electron chi connectivity index (χ3n) is 3.58. The number of pyridine rings is 1. The normalized spacial score (nSPS) is 14.2. The number of aromatic nitrogens is 1. The van der Waals surface area contributed by atoms with Crippen LogP contribution in [0.4, 0.5) is 5.82 Å². The van der Waals surface area contributed by atoms with Gasteiger partial charge in [-0.3, -0.25) is 0 Å². The first kappa shape index (κ1) is 19.0. The SMILES string of the molecule is CCNC(=NCc1ccc(N(CC)CC)nc1)NC1CC1.I. The number of hydrogen-bond acceptors (Lipinski definition) is 3. The van der Waals surface area contributed by atoms with Crippen LogP contribution in [0.5, 0.6) is 0 Å². The highest BCUT2D eigenvalue weighted by Gasteiger charge is 2.21. The van der Waals surface area contributed by atoms with Crippen molar-refractivity contribution >= 4 is 35.8 Å². The van der Waals surface area contributed by atoms with Crippen LogP contribution in [0, 0.1) is 0 Å². The Bertz CT molecular complexity index is 452. The fourth-order valence-electron chi connectivity index (χ4n) is 2.16. The van der Waals surface area contributed by atoms with Crippen LogP contribution in [-0.4, -0.2) is 36.6 Å². The Kier molecular flexibility index (Phi) is 8.52. The highest BCUT2D eigenvalue weighted by molar-refractivity contribution is 14.0. The average molecular weight is 417 g/mol. The van der Waals surface area contributed by atoms with Gasteiger partial charge >= 0.3 is 0 Å². The Hall–Kier alpha value is -1.05. The molecule has 22 heavy (non-hydrogen) atoms. The maximum absolute atomic E-state index is 4.62. The molecule has 1 fully saturated rings. The van der Waals surface area contributed by atoms with Crippen LogP contribution in [0.2, 0.25) is 0 Å². The molecule has 1 saturated carbocycles. The summed E-state index contributed by atoms with van der Waals surface area (Å²) in [4.78, 5) is 11.4. The number of anilines is 1. The zero-order chi connectivity index (χ0) is 15.1. The number of halogens is 1. The fourth-order valence-corrected chi connectivity index (χ4v) is 2.16. The molecule has 0 amide bonds. The van der Waals surface area contributed by atoms with Gasteiger partial charge in [0.05, 0.1) is 6.54 Å². The van der Waals surface area contributed by atoms with Gasteiger partial charge in [0.25, 0.3) is 0 Å². The molecule has 0 aromatic carbocycles. The van der Waals surface area contributed by atoms with Crippen LogP contribution in [-0.2, 0) is 6.54 Å². The number of aliphatic imine (C=N–C) groups is 1. The smallest absolute Gasteiger partial charge is 0.191 e. The summed E-state index contributed by atoms with van der Waals surface area (Å²) in [5.41, 5.74) is 1.14. The standard InChI is InChI=1S/C16H27N5.HI/c1-4-17-16(20-14-8-9-14)19-12-13-7-10-15(18-11-13)21(5-2)6-3;/h7,10-11,14H,4-6,8-9,12H2,1-3H3,(H2,17,19,20);1H. The predicted molar refractivity (Wildman–Crippen MR) is 104 cm³/mol. The predicted octanol–water partition coefficient (Wildman–Crippen LogP) is 2.76. The first-order valence-corrected chi connectivity index (χ1v) is 8.01. The van der Waals surface area contributed by atoms with Gasteiger partial charge in [-0.1, -0.05) is 6.07 Å². The Balaban J connectivity index is 0.00000242. The maximum Gasteiger partial charge on any atom is 0.191 e.